The number of aromatic amines is 1. The average molecular weight is 201 g/mol. The van der Waals surface area contributed by atoms with E-state index in [1.807, 2.05) is 24.4 Å². The summed E-state index contributed by atoms with van der Waals surface area (Å²) in [7, 11) is 1.78. The Hall–Kier alpha value is -1.64. The normalized spacial score (nSPS) is 12.0. The van der Waals surface area contributed by atoms with E-state index in [1.165, 1.54) is 0 Å². The van der Waals surface area contributed by atoms with Gasteiger partial charge in [0, 0.05) is 24.7 Å². The van der Waals surface area contributed by atoms with E-state index < -0.39 is 0 Å². The summed E-state index contributed by atoms with van der Waals surface area (Å²) in [6, 6.07) is 6.06. The minimum atomic E-state index is 0.420. The fourth-order valence-corrected chi connectivity index (χ4v) is 1.59. The van der Waals surface area contributed by atoms with E-state index >= 15 is 0 Å². The zero-order valence-corrected chi connectivity index (χ0v) is 9.28. The fraction of sp³-hybridized carbons (Fsp3) is 0.333. The lowest BCUT2D eigenvalue weighted by atomic mass is 10.2. The van der Waals surface area contributed by atoms with Crippen molar-refractivity contribution in [2.24, 2.45) is 4.99 Å². The lowest BCUT2D eigenvalue weighted by Gasteiger charge is -1.96. The van der Waals surface area contributed by atoms with Crippen molar-refractivity contribution in [3.8, 4) is 0 Å². The number of fused-ring (bicyclic) bond motifs is 1. The van der Waals surface area contributed by atoms with Gasteiger partial charge in [-0.2, -0.15) is 0 Å². The van der Waals surface area contributed by atoms with Crippen molar-refractivity contribution in [1.29, 1.82) is 0 Å². The van der Waals surface area contributed by atoms with Crippen LogP contribution in [-0.2, 0) is 0 Å². The van der Waals surface area contributed by atoms with E-state index in [0.717, 1.165) is 22.4 Å². The molecule has 1 aromatic carbocycles. The van der Waals surface area contributed by atoms with Gasteiger partial charge in [0.25, 0.3) is 0 Å². The third kappa shape index (κ3) is 1.77. The van der Waals surface area contributed by atoms with Crippen molar-refractivity contribution < 1.29 is 0 Å². The van der Waals surface area contributed by atoms with Gasteiger partial charge in [-0.05, 0) is 6.07 Å². The SMILES string of the molecule is C/N=C\c1cccc2nc(C(C)C)[nH]c12. The summed E-state index contributed by atoms with van der Waals surface area (Å²) in [5, 5.41) is 0. The van der Waals surface area contributed by atoms with Gasteiger partial charge in [0.05, 0.1) is 11.0 Å². The Balaban J connectivity index is 2.64. The molecule has 1 N–H and O–H groups in total. The molecule has 0 amide bonds. The largest absolute Gasteiger partial charge is 0.341 e. The van der Waals surface area contributed by atoms with Gasteiger partial charge in [-0.3, -0.25) is 4.99 Å². The van der Waals surface area contributed by atoms with Gasteiger partial charge in [-0.15, -0.1) is 0 Å². The first kappa shape index (κ1) is 9.90. The fourth-order valence-electron chi connectivity index (χ4n) is 1.59. The van der Waals surface area contributed by atoms with Crippen LogP contribution in [0.3, 0.4) is 0 Å². The van der Waals surface area contributed by atoms with Gasteiger partial charge >= 0.3 is 0 Å². The molecule has 0 saturated carbocycles. The second kappa shape index (κ2) is 3.85. The van der Waals surface area contributed by atoms with Gasteiger partial charge in [-0.1, -0.05) is 26.0 Å². The zero-order chi connectivity index (χ0) is 10.8. The molecule has 0 aliphatic heterocycles. The molecular weight excluding hydrogens is 186 g/mol. The highest BCUT2D eigenvalue weighted by atomic mass is 14.9. The predicted molar refractivity (Wildman–Crippen MR) is 63.7 cm³/mol. The van der Waals surface area contributed by atoms with Crippen molar-refractivity contribution in [2.45, 2.75) is 19.8 Å². The molecule has 0 spiro atoms. The molecule has 0 radical (unpaired) electrons. The summed E-state index contributed by atoms with van der Waals surface area (Å²) in [6.07, 6.45) is 1.85. The van der Waals surface area contributed by atoms with Crippen LogP contribution < -0.4 is 0 Å². The summed E-state index contributed by atoms with van der Waals surface area (Å²) < 4.78 is 0. The molecule has 1 aromatic heterocycles. The van der Waals surface area contributed by atoms with Crippen LogP contribution in [0.15, 0.2) is 23.2 Å². The Morgan fingerprint density at radius 1 is 1.40 bits per heavy atom. The van der Waals surface area contributed by atoms with E-state index in [2.05, 4.69) is 28.8 Å². The topological polar surface area (TPSA) is 41.0 Å². The Bertz CT molecular complexity index is 495. The first-order valence-corrected chi connectivity index (χ1v) is 5.13. The van der Waals surface area contributed by atoms with Crippen molar-refractivity contribution in [3.63, 3.8) is 0 Å². The third-order valence-corrected chi connectivity index (χ3v) is 2.38. The molecule has 1 heterocycles. The van der Waals surface area contributed by atoms with Gasteiger partial charge in [0.2, 0.25) is 0 Å². The smallest absolute Gasteiger partial charge is 0.109 e. The molecule has 0 aliphatic carbocycles. The summed E-state index contributed by atoms with van der Waals surface area (Å²) >= 11 is 0. The van der Waals surface area contributed by atoms with Gasteiger partial charge in [0.1, 0.15) is 5.82 Å². The minimum Gasteiger partial charge on any atom is -0.341 e. The summed E-state index contributed by atoms with van der Waals surface area (Å²) in [5.74, 6) is 1.45. The number of hydrogen-bond donors (Lipinski definition) is 1. The Kier molecular flexibility index (Phi) is 2.54. The Morgan fingerprint density at radius 3 is 2.87 bits per heavy atom. The number of nitrogens with zero attached hydrogens (tertiary/aromatic N) is 2. The van der Waals surface area contributed by atoms with Gasteiger partial charge < -0.3 is 4.98 Å². The molecule has 0 fully saturated rings. The molecule has 2 aromatic rings. The Labute approximate surface area is 89.3 Å². The van der Waals surface area contributed by atoms with Crippen LogP contribution in [-0.4, -0.2) is 23.2 Å². The maximum Gasteiger partial charge on any atom is 0.109 e. The standard InChI is InChI=1S/C12H15N3/c1-8(2)12-14-10-6-4-5-9(7-13-3)11(10)15-12/h4-8H,1-3H3,(H,14,15)/b13-7-. The number of aromatic nitrogens is 2. The second-order valence-electron chi connectivity index (χ2n) is 3.91. The highest BCUT2D eigenvalue weighted by molar-refractivity contribution is 5.96. The highest BCUT2D eigenvalue weighted by Crippen LogP contribution is 2.19. The number of imidazole rings is 1. The van der Waals surface area contributed by atoms with Crippen LogP contribution in [0.2, 0.25) is 0 Å². The maximum atomic E-state index is 4.54. The number of H-pyrrole nitrogens is 1. The van der Waals surface area contributed by atoms with Crippen LogP contribution in [0, 0.1) is 0 Å². The molecule has 3 nitrogen and oxygen atoms in total. The van der Waals surface area contributed by atoms with Gasteiger partial charge in [-0.25, -0.2) is 4.98 Å². The van der Waals surface area contributed by atoms with Crippen LogP contribution >= 0.6 is 0 Å². The number of para-hydroxylation sites is 1. The van der Waals surface area contributed by atoms with Crippen molar-refractivity contribution >= 4 is 17.2 Å². The zero-order valence-electron chi connectivity index (χ0n) is 9.28. The highest BCUT2D eigenvalue weighted by Gasteiger charge is 2.07. The molecule has 0 atom stereocenters. The van der Waals surface area contributed by atoms with E-state index in [9.17, 15) is 0 Å². The maximum absolute atomic E-state index is 4.54. The molecule has 0 saturated heterocycles. The monoisotopic (exact) mass is 201 g/mol. The average Bonchev–Trinajstić information content (AvgIpc) is 2.63. The molecule has 3 heteroatoms. The van der Waals surface area contributed by atoms with Gasteiger partial charge in [0.15, 0.2) is 0 Å². The van der Waals surface area contributed by atoms with E-state index in [4.69, 9.17) is 0 Å². The predicted octanol–water partition coefficient (Wildman–Crippen LogP) is 2.74. The van der Waals surface area contributed by atoms with E-state index in [1.54, 1.807) is 7.05 Å². The summed E-state index contributed by atoms with van der Waals surface area (Å²) in [6.45, 7) is 4.26. The summed E-state index contributed by atoms with van der Waals surface area (Å²) in [5.41, 5.74) is 3.18. The van der Waals surface area contributed by atoms with E-state index in [0.29, 0.717) is 5.92 Å². The van der Waals surface area contributed by atoms with Crippen LogP contribution in [0.25, 0.3) is 11.0 Å². The quantitative estimate of drug-likeness (QED) is 0.746. The minimum absolute atomic E-state index is 0.420. The van der Waals surface area contributed by atoms with Crippen molar-refractivity contribution in [2.75, 3.05) is 7.05 Å². The number of rotatable bonds is 2. The lowest BCUT2D eigenvalue weighted by molar-refractivity contribution is 0.799. The molecule has 2 rings (SSSR count). The summed E-state index contributed by atoms with van der Waals surface area (Å²) in [4.78, 5) is 11.9. The molecule has 15 heavy (non-hydrogen) atoms. The first-order valence-electron chi connectivity index (χ1n) is 5.13. The number of nitrogens with one attached hydrogen (secondary N) is 1. The second-order valence-corrected chi connectivity index (χ2v) is 3.91. The lowest BCUT2D eigenvalue weighted by Crippen LogP contribution is -1.89. The third-order valence-electron chi connectivity index (χ3n) is 2.38. The molecule has 78 valence electrons. The molecule has 0 unspecified atom stereocenters. The Morgan fingerprint density at radius 2 is 2.20 bits per heavy atom. The van der Waals surface area contributed by atoms with Crippen LogP contribution in [0.1, 0.15) is 31.2 Å². The molecule has 0 aliphatic rings. The first-order chi connectivity index (χ1) is 7.22. The number of aliphatic imine (C=N–C) groups is 1. The van der Waals surface area contributed by atoms with Crippen molar-refractivity contribution in [1.82, 2.24) is 9.97 Å². The van der Waals surface area contributed by atoms with E-state index in [-0.39, 0.29) is 0 Å². The van der Waals surface area contributed by atoms with Crippen LogP contribution in [0.5, 0.6) is 0 Å². The molecular formula is C12H15N3. The number of hydrogen-bond acceptors (Lipinski definition) is 2. The molecule has 0 bridgehead atoms. The van der Waals surface area contributed by atoms with Crippen molar-refractivity contribution in [3.05, 3.63) is 29.6 Å². The number of benzene rings is 1. The van der Waals surface area contributed by atoms with Crippen LogP contribution in [0.4, 0.5) is 0 Å².